The Kier molecular flexibility index (Phi) is 8.20. The average molecular weight is 567 g/mol. The minimum atomic E-state index is -1.56. The smallest absolute Gasteiger partial charge is 0.329 e. The molecule has 0 fully saturated rings. The molecule has 216 valence electrons. The molecule has 2 atom stereocenters. The van der Waals surface area contributed by atoms with E-state index in [2.05, 4.69) is 4.98 Å². The number of pyridine rings is 1. The molecule has 2 heterocycles. The van der Waals surface area contributed by atoms with Crippen molar-refractivity contribution in [3.8, 4) is 5.75 Å². The van der Waals surface area contributed by atoms with E-state index < -0.39 is 35.9 Å². The third-order valence-electron chi connectivity index (χ3n) is 7.49. The van der Waals surface area contributed by atoms with Crippen LogP contribution in [0.2, 0.25) is 0 Å². The second kappa shape index (κ2) is 11.7. The molecule has 2 aliphatic rings. The van der Waals surface area contributed by atoms with Gasteiger partial charge in [0.15, 0.2) is 0 Å². The monoisotopic (exact) mass is 566 g/mol. The number of ether oxygens (including phenoxy) is 2. The fraction of sp³-hybridized carbons (Fsp3) is 0.375. The average Bonchev–Trinajstić information content (AvgIpc) is 3.26. The number of benzene rings is 2. The van der Waals surface area contributed by atoms with Gasteiger partial charge in [-0.25, -0.2) is 18.0 Å². The van der Waals surface area contributed by atoms with E-state index in [1.807, 2.05) is 36.1 Å². The van der Waals surface area contributed by atoms with Crippen molar-refractivity contribution in [2.24, 2.45) is 0 Å². The maximum absolute atomic E-state index is 15.8. The topological polar surface area (TPSA) is 71.9 Å². The molecule has 0 unspecified atom stereocenters. The van der Waals surface area contributed by atoms with Crippen LogP contribution in [0.3, 0.4) is 0 Å². The van der Waals surface area contributed by atoms with E-state index in [-0.39, 0.29) is 37.1 Å². The van der Waals surface area contributed by atoms with Gasteiger partial charge in [-0.1, -0.05) is 30.3 Å². The van der Waals surface area contributed by atoms with Crippen molar-refractivity contribution < 1.29 is 32.5 Å². The lowest BCUT2D eigenvalue weighted by atomic mass is 9.84. The van der Waals surface area contributed by atoms with E-state index in [0.29, 0.717) is 24.1 Å². The molecule has 0 bridgehead atoms. The predicted octanol–water partition coefficient (Wildman–Crippen LogP) is 6.43. The molecule has 1 aromatic heterocycles. The number of halogens is 3. The Labute approximate surface area is 237 Å². The summed E-state index contributed by atoms with van der Waals surface area (Å²) >= 11 is 0. The Balaban J connectivity index is 1.39. The molecule has 0 spiro atoms. The summed E-state index contributed by atoms with van der Waals surface area (Å²) in [5.74, 6) is -2.54. The van der Waals surface area contributed by atoms with Gasteiger partial charge in [0.25, 0.3) is 0 Å². The molecule has 9 heteroatoms. The summed E-state index contributed by atoms with van der Waals surface area (Å²) in [5, 5.41) is 8.66. The van der Waals surface area contributed by atoms with Crippen molar-refractivity contribution in [1.82, 2.24) is 9.88 Å². The normalized spacial score (nSPS) is 18.8. The maximum atomic E-state index is 15.8. The van der Waals surface area contributed by atoms with Crippen LogP contribution in [0.5, 0.6) is 5.75 Å². The van der Waals surface area contributed by atoms with Crippen LogP contribution in [0.4, 0.5) is 13.2 Å². The lowest BCUT2D eigenvalue weighted by Crippen LogP contribution is -2.47. The SMILES string of the molecule is C[C@@H]1CC2=C(Cc3ccccc32)[C@@H](c2c(F)cc(OCc3ccc(COCC(=O)O)cn3)cc2F)N1CC(C)(C)F. The molecule has 2 aromatic carbocycles. The summed E-state index contributed by atoms with van der Waals surface area (Å²) in [7, 11) is 0. The third-order valence-corrected chi connectivity index (χ3v) is 7.49. The Hall–Kier alpha value is -3.69. The first-order chi connectivity index (χ1) is 19.5. The van der Waals surface area contributed by atoms with E-state index in [9.17, 15) is 9.18 Å². The minimum absolute atomic E-state index is 0.0181. The van der Waals surface area contributed by atoms with Gasteiger partial charge in [-0.2, -0.15) is 0 Å². The van der Waals surface area contributed by atoms with Crippen molar-refractivity contribution in [2.45, 2.75) is 64.6 Å². The fourth-order valence-electron chi connectivity index (χ4n) is 5.79. The molecule has 1 aliphatic heterocycles. The number of carbonyl (C=O) groups is 1. The van der Waals surface area contributed by atoms with Gasteiger partial charge in [-0.15, -0.1) is 0 Å². The van der Waals surface area contributed by atoms with E-state index in [1.165, 1.54) is 32.2 Å². The van der Waals surface area contributed by atoms with Crippen molar-refractivity contribution in [3.05, 3.63) is 99.9 Å². The van der Waals surface area contributed by atoms with Gasteiger partial charge < -0.3 is 14.6 Å². The van der Waals surface area contributed by atoms with Gasteiger partial charge >= 0.3 is 5.97 Å². The highest BCUT2D eigenvalue weighted by atomic mass is 19.1. The van der Waals surface area contributed by atoms with Gasteiger partial charge in [0.2, 0.25) is 0 Å². The number of carboxylic acid groups (broad SMARTS) is 1. The lowest BCUT2D eigenvalue weighted by molar-refractivity contribution is -0.142. The molecule has 3 aromatic rings. The molecule has 1 N–H and O–H groups in total. The zero-order valence-electron chi connectivity index (χ0n) is 23.3. The summed E-state index contributed by atoms with van der Waals surface area (Å²) in [6.07, 6.45) is 2.77. The molecule has 0 saturated carbocycles. The Bertz CT molecular complexity index is 1440. The first-order valence-corrected chi connectivity index (χ1v) is 13.6. The van der Waals surface area contributed by atoms with E-state index in [1.54, 1.807) is 12.1 Å². The van der Waals surface area contributed by atoms with Crippen LogP contribution in [0.1, 0.15) is 61.2 Å². The van der Waals surface area contributed by atoms with Crippen molar-refractivity contribution in [2.75, 3.05) is 13.2 Å². The highest BCUT2D eigenvalue weighted by Gasteiger charge is 2.43. The van der Waals surface area contributed by atoms with Gasteiger partial charge in [-0.3, -0.25) is 9.88 Å². The highest BCUT2D eigenvalue weighted by Crippen LogP contribution is 2.50. The quantitative estimate of drug-likeness (QED) is 0.305. The highest BCUT2D eigenvalue weighted by molar-refractivity contribution is 5.79. The predicted molar refractivity (Wildman–Crippen MR) is 148 cm³/mol. The summed E-state index contributed by atoms with van der Waals surface area (Å²) in [4.78, 5) is 16.7. The largest absolute Gasteiger partial charge is 0.487 e. The number of aromatic nitrogens is 1. The standard InChI is InChI=1S/C32H33F3N2O4/c1-19-10-25-24-7-5-4-6-21(24)11-26(25)31(37(19)18-32(2,3)35)30-27(33)12-23(13-28(30)34)41-16-22-9-8-20(14-36-22)15-40-17-29(38)39/h4-9,12-14,19,31H,10-11,15-18H2,1-3H3,(H,38,39)/t19-,31+/m1/s1. The number of hydrogen-bond donors (Lipinski definition) is 1. The number of nitrogens with zero attached hydrogens (tertiary/aromatic N) is 2. The van der Waals surface area contributed by atoms with Crippen molar-refractivity contribution in [1.29, 1.82) is 0 Å². The van der Waals surface area contributed by atoms with Crippen molar-refractivity contribution in [3.63, 3.8) is 0 Å². The van der Waals surface area contributed by atoms with Gasteiger partial charge in [0.1, 0.15) is 36.3 Å². The van der Waals surface area contributed by atoms with Gasteiger partial charge in [0, 0.05) is 36.5 Å². The van der Waals surface area contributed by atoms with Crippen LogP contribution < -0.4 is 4.74 Å². The number of hydrogen-bond acceptors (Lipinski definition) is 5. The molecule has 6 nitrogen and oxygen atoms in total. The molecule has 1 aliphatic carbocycles. The minimum Gasteiger partial charge on any atom is -0.487 e. The maximum Gasteiger partial charge on any atom is 0.329 e. The summed E-state index contributed by atoms with van der Waals surface area (Å²) in [5.41, 5.74) is 3.77. The van der Waals surface area contributed by atoms with Crippen LogP contribution in [-0.2, 0) is 29.2 Å². The van der Waals surface area contributed by atoms with Crippen molar-refractivity contribution >= 4 is 11.5 Å². The summed E-state index contributed by atoms with van der Waals surface area (Å²) < 4.78 is 57.4. The lowest BCUT2D eigenvalue weighted by Gasteiger charge is -2.44. The van der Waals surface area contributed by atoms with Gasteiger partial charge in [0.05, 0.1) is 18.3 Å². The zero-order chi connectivity index (χ0) is 29.3. The Morgan fingerprint density at radius 3 is 2.51 bits per heavy atom. The van der Waals surface area contributed by atoms with Crippen LogP contribution in [0, 0.1) is 11.6 Å². The first kappa shape index (κ1) is 28.8. The van der Waals surface area contributed by atoms with Crippen LogP contribution in [-0.4, -0.2) is 45.8 Å². The molecular formula is C32H33F3N2O4. The van der Waals surface area contributed by atoms with Crippen LogP contribution in [0.15, 0.2) is 60.3 Å². The van der Waals surface area contributed by atoms with E-state index in [4.69, 9.17) is 14.6 Å². The summed E-state index contributed by atoms with van der Waals surface area (Å²) in [6.45, 7) is 4.64. The molecule has 0 saturated heterocycles. The molecular weight excluding hydrogens is 533 g/mol. The number of carboxylic acids is 1. The Morgan fingerprint density at radius 1 is 1.12 bits per heavy atom. The second-order valence-corrected chi connectivity index (χ2v) is 11.3. The molecule has 5 rings (SSSR count). The number of aliphatic carboxylic acids is 1. The Morgan fingerprint density at radius 2 is 1.85 bits per heavy atom. The molecule has 41 heavy (non-hydrogen) atoms. The van der Waals surface area contributed by atoms with Crippen LogP contribution >= 0.6 is 0 Å². The van der Waals surface area contributed by atoms with Gasteiger partial charge in [-0.05, 0) is 67.5 Å². The number of alkyl halides is 1. The fourth-order valence-corrected chi connectivity index (χ4v) is 5.79. The first-order valence-electron chi connectivity index (χ1n) is 13.6. The summed E-state index contributed by atoms with van der Waals surface area (Å²) in [6, 6.07) is 12.9. The van der Waals surface area contributed by atoms with Crippen LogP contribution in [0.25, 0.3) is 5.57 Å². The third kappa shape index (κ3) is 6.47. The number of rotatable bonds is 10. The second-order valence-electron chi connectivity index (χ2n) is 11.3. The number of fused-ring (bicyclic) bond motifs is 2. The molecule has 0 radical (unpaired) electrons. The van der Waals surface area contributed by atoms with E-state index >= 15 is 8.78 Å². The van der Waals surface area contributed by atoms with E-state index in [0.717, 1.165) is 22.3 Å². The zero-order valence-corrected chi connectivity index (χ0v) is 23.3. The molecule has 0 amide bonds.